The predicted molar refractivity (Wildman–Crippen MR) is 93.6 cm³/mol. The third-order valence-corrected chi connectivity index (χ3v) is 4.57. The Bertz CT molecular complexity index is 556. The van der Waals surface area contributed by atoms with Crippen LogP contribution in [0, 0.1) is 0 Å². The van der Waals surface area contributed by atoms with E-state index in [0.717, 1.165) is 38.3 Å². The highest BCUT2D eigenvalue weighted by Crippen LogP contribution is 2.31. The van der Waals surface area contributed by atoms with Crippen LogP contribution in [0.1, 0.15) is 25.3 Å². The van der Waals surface area contributed by atoms with Crippen molar-refractivity contribution in [3.05, 3.63) is 42.0 Å². The Morgan fingerprint density at radius 1 is 1.27 bits per heavy atom. The monoisotopic (exact) mass is 298 g/mol. The molecule has 0 saturated carbocycles. The van der Waals surface area contributed by atoms with Crippen LogP contribution in [0.5, 0.6) is 0 Å². The lowest BCUT2D eigenvalue weighted by Gasteiger charge is -2.26. The summed E-state index contributed by atoms with van der Waals surface area (Å²) < 4.78 is 0. The molecule has 0 amide bonds. The Balaban J connectivity index is 1.50. The molecule has 1 aromatic rings. The molecule has 0 bridgehead atoms. The SMILES string of the molecule is CN=C(NCCN1c2ccccc2CC1C)NC1CC=CC1. The van der Waals surface area contributed by atoms with Crippen molar-refractivity contribution in [3.8, 4) is 0 Å². The van der Waals surface area contributed by atoms with E-state index in [1.165, 1.54) is 11.3 Å². The Kier molecular flexibility index (Phi) is 4.66. The average molecular weight is 298 g/mol. The van der Waals surface area contributed by atoms with Crippen LogP contribution in [-0.2, 0) is 6.42 Å². The molecule has 0 aromatic heterocycles. The summed E-state index contributed by atoms with van der Waals surface area (Å²) in [4.78, 5) is 6.82. The summed E-state index contributed by atoms with van der Waals surface area (Å²) in [6.07, 6.45) is 7.80. The minimum atomic E-state index is 0.498. The normalized spacial score (nSPS) is 21.3. The van der Waals surface area contributed by atoms with Gasteiger partial charge in [0.25, 0.3) is 0 Å². The first-order valence-corrected chi connectivity index (χ1v) is 8.24. The average Bonchev–Trinajstić information content (AvgIpc) is 3.14. The molecule has 1 unspecified atom stereocenters. The molecule has 1 heterocycles. The Morgan fingerprint density at radius 3 is 2.82 bits per heavy atom. The topological polar surface area (TPSA) is 39.7 Å². The molecule has 3 rings (SSSR count). The van der Waals surface area contributed by atoms with Gasteiger partial charge in [-0.15, -0.1) is 0 Å². The van der Waals surface area contributed by atoms with Crippen molar-refractivity contribution < 1.29 is 0 Å². The number of nitrogens with one attached hydrogen (secondary N) is 2. The fourth-order valence-electron chi connectivity index (χ4n) is 3.39. The van der Waals surface area contributed by atoms with Gasteiger partial charge in [-0.25, -0.2) is 0 Å². The molecule has 2 N–H and O–H groups in total. The number of anilines is 1. The molecular weight excluding hydrogens is 272 g/mol. The van der Waals surface area contributed by atoms with Gasteiger partial charge in [0.15, 0.2) is 5.96 Å². The predicted octanol–water partition coefficient (Wildman–Crippen LogP) is 2.32. The van der Waals surface area contributed by atoms with Crippen molar-refractivity contribution in [1.29, 1.82) is 0 Å². The fraction of sp³-hybridized carbons (Fsp3) is 0.500. The maximum atomic E-state index is 4.33. The third-order valence-electron chi connectivity index (χ3n) is 4.57. The van der Waals surface area contributed by atoms with Crippen LogP contribution in [0.2, 0.25) is 0 Å². The molecule has 0 radical (unpaired) electrons. The second kappa shape index (κ2) is 6.86. The van der Waals surface area contributed by atoms with E-state index in [4.69, 9.17) is 0 Å². The number of benzene rings is 1. The zero-order valence-corrected chi connectivity index (χ0v) is 13.5. The van der Waals surface area contributed by atoms with E-state index >= 15 is 0 Å². The van der Waals surface area contributed by atoms with Crippen molar-refractivity contribution in [3.63, 3.8) is 0 Å². The number of guanidine groups is 1. The highest BCUT2D eigenvalue weighted by atomic mass is 15.2. The van der Waals surface area contributed by atoms with Crippen molar-refractivity contribution in [1.82, 2.24) is 10.6 Å². The summed E-state index contributed by atoms with van der Waals surface area (Å²) in [7, 11) is 1.84. The van der Waals surface area contributed by atoms with Crippen molar-refractivity contribution in [2.24, 2.45) is 4.99 Å². The summed E-state index contributed by atoms with van der Waals surface area (Å²) in [5, 5.41) is 6.92. The molecule has 4 nitrogen and oxygen atoms in total. The first-order valence-electron chi connectivity index (χ1n) is 8.24. The van der Waals surface area contributed by atoms with Gasteiger partial charge >= 0.3 is 0 Å². The second-order valence-corrected chi connectivity index (χ2v) is 6.16. The van der Waals surface area contributed by atoms with E-state index in [2.05, 4.69) is 63.9 Å². The molecule has 0 saturated heterocycles. The molecule has 1 aromatic carbocycles. The lowest BCUT2D eigenvalue weighted by atomic mass is 10.1. The van der Waals surface area contributed by atoms with Crippen molar-refractivity contribution in [2.45, 2.75) is 38.3 Å². The van der Waals surface area contributed by atoms with Gasteiger partial charge in [0.2, 0.25) is 0 Å². The minimum Gasteiger partial charge on any atom is -0.367 e. The van der Waals surface area contributed by atoms with Crippen molar-refractivity contribution in [2.75, 3.05) is 25.0 Å². The van der Waals surface area contributed by atoms with E-state index in [1.54, 1.807) is 0 Å². The summed E-state index contributed by atoms with van der Waals surface area (Å²) in [6, 6.07) is 9.81. The van der Waals surface area contributed by atoms with Gasteiger partial charge in [0, 0.05) is 37.9 Å². The van der Waals surface area contributed by atoms with E-state index in [9.17, 15) is 0 Å². The number of fused-ring (bicyclic) bond motifs is 1. The highest BCUT2D eigenvalue weighted by Gasteiger charge is 2.24. The van der Waals surface area contributed by atoms with Gasteiger partial charge in [-0.05, 0) is 37.8 Å². The zero-order chi connectivity index (χ0) is 15.4. The van der Waals surface area contributed by atoms with E-state index < -0.39 is 0 Å². The number of nitrogens with zero attached hydrogens (tertiary/aromatic N) is 2. The molecule has 4 heteroatoms. The van der Waals surface area contributed by atoms with Gasteiger partial charge < -0.3 is 15.5 Å². The molecule has 2 aliphatic rings. The molecule has 0 fully saturated rings. The Morgan fingerprint density at radius 2 is 2.05 bits per heavy atom. The maximum absolute atomic E-state index is 4.33. The number of para-hydroxylation sites is 1. The highest BCUT2D eigenvalue weighted by molar-refractivity contribution is 5.80. The van der Waals surface area contributed by atoms with Crippen LogP contribution >= 0.6 is 0 Å². The number of aliphatic imine (C=N–C) groups is 1. The Hall–Kier alpha value is -1.97. The van der Waals surface area contributed by atoms with Crippen LogP contribution in [0.3, 0.4) is 0 Å². The van der Waals surface area contributed by atoms with Crippen LogP contribution in [0.25, 0.3) is 0 Å². The maximum Gasteiger partial charge on any atom is 0.191 e. The number of hydrogen-bond donors (Lipinski definition) is 2. The summed E-state index contributed by atoms with van der Waals surface area (Å²) in [5.41, 5.74) is 2.86. The largest absolute Gasteiger partial charge is 0.367 e. The Labute approximate surface area is 133 Å². The van der Waals surface area contributed by atoms with Gasteiger partial charge in [-0.1, -0.05) is 30.4 Å². The van der Waals surface area contributed by atoms with Gasteiger partial charge in [0.05, 0.1) is 0 Å². The summed E-state index contributed by atoms with van der Waals surface area (Å²) in [5.74, 6) is 0.911. The quantitative estimate of drug-likeness (QED) is 0.509. The van der Waals surface area contributed by atoms with E-state index in [-0.39, 0.29) is 0 Å². The van der Waals surface area contributed by atoms with Gasteiger partial charge in [-0.3, -0.25) is 4.99 Å². The first-order chi connectivity index (χ1) is 10.8. The lowest BCUT2D eigenvalue weighted by Crippen LogP contribution is -2.45. The van der Waals surface area contributed by atoms with Crippen LogP contribution in [-0.4, -0.2) is 38.2 Å². The smallest absolute Gasteiger partial charge is 0.191 e. The molecule has 118 valence electrons. The summed E-state index contributed by atoms with van der Waals surface area (Å²) in [6.45, 7) is 4.21. The van der Waals surface area contributed by atoms with Crippen LogP contribution in [0.4, 0.5) is 5.69 Å². The second-order valence-electron chi connectivity index (χ2n) is 6.16. The van der Waals surface area contributed by atoms with Crippen molar-refractivity contribution >= 4 is 11.6 Å². The molecular formula is C18H26N4. The zero-order valence-electron chi connectivity index (χ0n) is 13.5. The van der Waals surface area contributed by atoms with Crippen LogP contribution < -0.4 is 15.5 Å². The number of hydrogen-bond acceptors (Lipinski definition) is 2. The standard InChI is InChI=1S/C18H26N4/c1-14-13-15-7-3-6-10-17(15)22(14)12-11-20-18(19-2)21-16-8-4-5-9-16/h3-7,10,14,16H,8-9,11-13H2,1-2H3,(H2,19,20,21). The van der Waals surface area contributed by atoms with E-state index in [1.807, 2.05) is 7.05 Å². The molecule has 1 atom stereocenters. The molecule has 0 spiro atoms. The first kappa shape index (κ1) is 14.9. The molecule has 1 aliphatic carbocycles. The molecule has 22 heavy (non-hydrogen) atoms. The molecule has 1 aliphatic heterocycles. The minimum absolute atomic E-state index is 0.498. The lowest BCUT2D eigenvalue weighted by molar-refractivity contribution is 0.621. The third kappa shape index (κ3) is 3.26. The van der Waals surface area contributed by atoms with Crippen LogP contribution in [0.15, 0.2) is 41.4 Å². The summed E-state index contributed by atoms with van der Waals surface area (Å²) >= 11 is 0. The van der Waals surface area contributed by atoms with Gasteiger partial charge in [0.1, 0.15) is 0 Å². The fourth-order valence-corrected chi connectivity index (χ4v) is 3.39. The van der Waals surface area contributed by atoms with E-state index in [0.29, 0.717) is 12.1 Å². The number of rotatable bonds is 4. The van der Waals surface area contributed by atoms with Gasteiger partial charge in [-0.2, -0.15) is 0 Å².